The van der Waals surface area contributed by atoms with Gasteiger partial charge in [-0.1, -0.05) is 0 Å². The van der Waals surface area contributed by atoms with Gasteiger partial charge in [-0.2, -0.15) is 0 Å². The monoisotopic (exact) mass is 305 g/mol. The van der Waals surface area contributed by atoms with Crippen molar-refractivity contribution in [2.24, 2.45) is 0 Å². The molecule has 0 saturated carbocycles. The molecule has 1 aromatic rings. The van der Waals surface area contributed by atoms with Crippen LogP contribution in [0.3, 0.4) is 0 Å². The highest BCUT2D eigenvalue weighted by molar-refractivity contribution is 9.10. The first-order valence-corrected chi connectivity index (χ1v) is 5.90. The summed E-state index contributed by atoms with van der Waals surface area (Å²) in [4.78, 5) is 13.5. The van der Waals surface area contributed by atoms with Gasteiger partial charge in [-0.3, -0.25) is 4.79 Å². The first-order chi connectivity index (χ1) is 8.09. The average molecular weight is 306 g/mol. The molecule has 2 rings (SSSR count). The smallest absolute Gasteiger partial charge is 0.254 e. The fourth-order valence-corrected chi connectivity index (χ4v) is 2.06. The molecule has 6 heteroatoms. The van der Waals surface area contributed by atoms with Gasteiger partial charge in [-0.05, 0) is 28.1 Å². The molecule has 1 aromatic carbocycles. The van der Waals surface area contributed by atoms with Gasteiger partial charge in [-0.25, -0.2) is 8.78 Å². The lowest BCUT2D eigenvalue weighted by Crippen LogP contribution is -2.40. The van der Waals surface area contributed by atoms with E-state index < -0.39 is 11.6 Å². The highest BCUT2D eigenvalue weighted by Crippen LogP contribution is 2.21. The van der Waals surface area contributed by atoms with E-state index >= 15 is 0 Å². The number of benzene rings is 1. The lowest BCUT2D eigenvalue weighted by Gasteiger charge is -2.26. The molecule has 0 aliphatic carbocycles. The maximum Gasteiger partial charge on any atom is 0.254 e. The lowest BCUT2D eigenvalue weighted by molar-refractivity contribution is 0.0302. The predicted octanol–water partition coefficient (Wildman–Crippen LogP) is 2.20. The van der Waals surface area contributed by atoms with Crippen molar-refractivity contribution in [2.75, 3.05) is 26.3 Å². The molecule has 0 spiro atoms. The van der Waals surface area contributed by atoms with Crippen molar-refractivity contribution < 1.29 is 18.3 Å². The van der Waals surface area contributed by atoms with Gasteiger partial charge in [0.05, 0.1) is 17.7 Å². The lowest BCUT2D eigenvalue weighted by atomic mass is 10.2. The van der Waals surface area contributed by atoms with Crippen LogP contribution in [0.15, 0.2) is 16.6 Å². The topological polar surface area (TPSA) is 29.5 Å². The molecule has 92 valence electrons. The maximum absolute atomic E-state index is 13.2. The summed E-state index contributed by atoms with van der Waals surface area (Å²) in [6.07, 6.45) is 0. The molecule has 0 radical (unpaired) electrons. The zero-order valence-electron chi connectivity index (χ0n) is 8.88. The Morgan fingerprint density at radius 2 is 1.94 bits per heavy atom. The number of carbonyl (C=O) groups is 1. The van der Waals surface area contributed by atoms with Gasteiger partial charge in [0.15, 0.2) is 11.6 Å². The molecule has 1 heterocycles. The Morgan fingerprint density at radius 3 is 2.53 bits per heavy atom. The van der Waals surface area contributed by atoms with Crippen LogP contribution in [0.1, 0.15) is 10.4 Å². The number of rotatable bonds is 1. The van der Waals surface area contributed by atoms with Crippen LogP contribution in [-0.4, -0.2) is 37.1 Å². The van der Waals surface area contributed by atoms with Crippen LogP contribution < -0.4 is 0 Å². The highest BCUT2D eigenvalue weighted by Gasteiger charge is 2.20. The Morgan fingerprint density at radius 1 is 1.29 bits per heavy atom. The van der Waals surface area contributed by atoms with E-state index in [4.69, 9.17) is 4.74 Å². The van der Waals surface area contributed by atoms with E-state index in [9.17, 15) is 13.6 Å². The summed E-state index contributed by atoms with van der Waals surface area (Å²) in [6.45, 7) is 1.87. The second-order valence-electron chi connectivity index (χ2n) is 3.66. The van der Waals surface area contributed by atoms with Crippen LogP contribution in [-0.2, 0) is 4.74 Å². The summed E-state index contributed by atoms with van der Waals surface area (Å²) in [7, 11) is 0. The summed E-state index contributed by atoms with van der Waals surface area (Å²) in [5.41, 5.74) is 0.137. The van der Waals surface area contributed by atoms with E-state index in [0.29, 0.717) is 26.3 Å². The molecule has 1 aliphatic rings. The van der Waals surface area contributed by atoms with Gasteiger partial charge in [0.2, 0.25) is 0 Å². The number of amides is 1. The standard InChI is InChI=1S/C11H10BrF2NO2/c12-8-5-7(6-9(13)10(8)14)11(16)15-1-3-17-4-2-15/h5-6H,1-4H2. The first kappa shape index (κ1) is 12.4. The minimum atomic E-state index is -1.03. The van der Waals surface area contributed by atoms with Crippen LogP contribution in [0, 0.1) is 11.6 Å². The Kier molecular flexibility index (Phi) is 3.73. The Labute approximate surface area is 105 Å². The second kappa shape index (κ2) is 5.10. The third kappa shape index (κ3) is 2.63. The van der Waals surface area contributed by atoms with E-state index in [1.54, 1.807) is 4.90 Å². The molecule has 3 nitrogen and oxygen atoms in total. The molecule has 0 N–H and O–H groups in total. The highest BCUT2D eigenvalue weighted by atomic mass is 79.9. The van der Waals surface area contributed by atoms with Crippen LogP contribution in [0.4, 0.5) is 8.78 Å². The van der Waals surface area contributed by atoms with Crippen molar-refractivity contribution in [3.05, 3.63) is 33.8 Å². The molecule has 0 unspecified atom stereocenters. The van der Waals surface area contributed by atoms with Gasteiger partial charge in [0.1, 0.15) is 0 Å². The van der Waals surface area contributed by atoms with Gasteiger partial charge in [0, 0.05) is 18.7 Å². The minimum absolute atomic E-state index is 0.0471. The summed E-state index contributed by atoms with van der Waals surface area (Å²) >= 11 is 2.88. The number of morpholine rings is 1. The number of hydrogen-bond acceptors (Lipinski definition) is 2. The molecule has 1 aliphatic heterocycles. The average Bonchev–Trinajstić information content (AvgIpc) is 2.35. The molecular formula is C11H10BrF2NO2. The minimum Gasteiger partial charge on any atom is -0.378 e. The van der Waals surface area contributed by atoms with E-state index in [2.05, 4.69) is 15.9 Å². The number of hydrogen-bond donors (Lipinski definition) is 0. The van der Waals surface area contributed by atoms with Gasteiger partial charge < -0.3 is 9.64 Å². The molecule has 0 bridgehead atoms. The third-order valence-corrected chi connectivity index (χ3v) is 3.11. The Hall–Kier alpha value is -1.01. The van der Waals surface area contributed by atoms with Crippen LogP contribution in [0.2, 0.25) is 0 Å². The maximum atomic E-state index is 13.2. The Bertz CT molecular complexity index is 424. The first-order valence-electron chi connectivity index (χ1n) is 5.11. The van der Waals surface area contributed by atoms with Gasteiger partial charge in [0.25, 0.3) is 5.91 Å². The summed E-state index contributed by atoms with van der Waals surface area (Å²) in [6, 6.07) is 2.20. The van der Waals surface area contributed by atoms with E-state index in [1.807, 2.05) is 0 Å². The van der Waals surface area contributed by atoms with E-state index in [1.165, 1.54) is 6.07 Å². The summed E-state index contributed by atoms with van der Waals surface area (Å²) < 4.78 is 31.3. The fourth-order valence-electron chi connectivity index (χ4n) is 1.63. The number of halogens is 3. The quantitative estimate of drug-likeness (QED) is 0.745. The number of ether oxygens (including phenoxy) is 1. The zero-order valence-corrected chi connectivity index (χ0v) is 10.5. The number of carbonyl (C=O) groups excluding carboxylic acids is 1. The van der Waals surface area contributed by atoms with E-state index in [-0.39, 0.29) is 15.9 Å². The van der Waals surface area contributed by atoms with Crippen molar-refractivity contribution in [1.29, 1.82) is 0 Å². The van der Waals surface area contributed by atoms with Crippen LogP contribution in [0.5, 0.6) is 0 Å². The van der Waals surface area contributed by atoms with Gasteiger partial charge in [-0.15, -0.1) is 0 Å². The Balaban J connectivity index is 2.24. The SMILES string of the molecule is O=C(c1cc(F)c(F)c(Br)c1)N1CCOCC1. The molecule has 17 heavy (non-hydrogen) atoms. The molecular weight excluding hydrogens is 296 g/mol. The van der Waals surface area contributed by atoms with Gasteiger partial charge >= 0.3 is 0 Å². The molecule has 1 saturated heterocycles. The van der Waals surface area contributed by atoms with E-state index in [0.717, 1.165) is 6.07 Å². The summed E-state index contributed by atoms with van der Waals surface area (Å²) in [5, 5.41) is 0. The van der Waals surface area contributed by atoms with Crippen LogP contribution >= 0.6 is 15.9 Å². The van der Waals surface area contributed by atoms with Crippen molar-refractivity contribution >= 4 is 21.8 Å². The molecule has 1 amide bonds. The largest absolute Gasteiger partial charge is 0.378 e. The predicted molar refractivity (Wildman–Crippen MR) is 60.8 cm³/mol. The molecule has 0 aromatic heterocycles. The van der Waals surface area contributed by atoms with Crippen molar-refractivity contribution in [1.82, 2.24) is 4.90 Å². The zero-order chi connectivity index (χ0) is 12.4. The molecule has 1 fully saturated rings. The fraction of sp³-hybridized carbons (Fsp3) is 0.364. The van der Waals surface area contributed by atoms with Crippen LogP contribution in [0.25, 0.3) is 0 Å². The molecule has 0 atom stereocenters. The summed E-state index contributed by atoms with van der Waals surface area (Å²) in [5.74, 6) is -2.33. The third-order valence-electron chi connectivity index (χ3n) is 2.53. The normalized spacial score (nSPS) is 16.1. The van der Waals surface area contributed by atoms with Crippen molar-refractivity contribution in [3.63, 3.8) is 0 Å². The van der Waals surface area contributed by atoms with Crippen molar-refractivity contribution in [2.45, 2.75) is 0 Å². The number of nitrogens with zero attached hydrogens (tertiary/aromatic N) is 1. The van der Waals surface area contributed by atoms with Crippen molar-refractivity contribution in [3.8, 4) is 0 Å². The second-order valence-corrected chi connectivity index (χ2v) is 4.51.